The second-order valence-electron chi connectivity index (χ2n) is 7.21. The van der Waals surface area contributed by atoms with E-state index in [-0.39, 0.29) is 17.2 Å². The number of aliphatic hydroxyl groups is 1. The van der Waals surface area contributed by atoms with Gasteiger partial charge in [-0.25, -0.2) is 13.1 Å². The lowest BCUT2D eigenvalue weighted by atomic mass is 10.1. The second kappa shape index (κ2) is 10.9. The number of benzene rings is 2. The Morgan fingerprint density at radius 3 is 2.62 bits per heavy atom. The summed E-state index contributed by atoms with van der Waals surface area (Å²) in [4.78, 5) is 12.3. The van der Waals surface area contributed by atoms with Crippen LogP contribution >= 0.6 is 11.6 Å². The van der Waals surface area contributed by atoms with Gasteiger partial charge in [-0.1, -0.05) is 42.0 Å². The SMILES string of the molecule is COc1cccc(S(=O)(=O)N[C@@H]2C=C[C@@H](CC(=O)NCc3ccc(Cl)cc3)O[C@@H]2CO)c1. The number of aliphatic hydroxyl groups excluding tert-OH is 1. The molecule has 0 saturated carbocycles. The molecular formula is C22H25ClN2O6S. The van der Waals surface area contributed by atoms with Crippen molar-refractivity contribution in [2.24, 2.45) is 0 Å². The lowest BCUT2D eigenvalue weighted by Crippen LogP contribution is -2.49. The molecular weight excluding hydrogens is 456 g/mol. The third-order valence-electron chi connectivity index (χ3n) is 4.90. The van der Waals surface area contributed by atoms with Gasteiger partial charge in [0.1, 0.15) is 11.9 Å². The summed E-state index contributed by atoms with van der Waals surface area (Å²) >= 11 is 5.85. The van der Waals surface area contributed by atoms with Gasteiger partial charge >= 0.3 is 0 Å². The molecule has 172 valence electrons. The Kier molecular flexibility index (Phi) is 8.27. The van der Waals surface area contributed by atoms with Gasteiger partial charge in [-0.05, 0) is 29.8 Å². The Hall–Kier alpha value is -2.43. The predicted molar refractivity (Wildman–Crippen MR) is 120 cm³/mol. The van der Waals surface area contributed by atoms with Gasteiger partial charge < -0.3 is 19.9 Å². The van der Waals surface area contributed by atoms with Gasteiger partial charge in [0.15, 0.2) is 0 Å². The van der Waals surface area contributed by atoms with Crippen molar-refractivity contribution in [3.63, 3.8) is 0 Å². The Morgan fingerprint density at radius 1 is 1.19 bits per heavy atom. The monoisotopic (exact) mass is 480 g/mol. The highest BCUT2D eigenvalue weighted by Crippen LogP contribution is 2.21. The largest absolute Gasteiger partial charge is 0.497 e. The Morgan fingerprint density at radius 2 is 1.94 bits per heavy atom. The molecule has 3 rings (SSSR count). The molecule has 0 aliphatic carbocycles. The average Bonchev–Trinajstić information content (AvgIpc) is 2.79. The smallest absolute Gasteiger partial charge is 0.241 e. The number of rotatable bonds is 9. The summed E-state index contributed by atoms with van der Waals surface area (Å²) < 4.78 is 38.8. The van der Waals surface area contributed by atoms with Crippen LogP contribution in [0.4, 0.5) is 0 Å². The van der Waals surface area contributed by atoms with E-state index in [9.17, 15) is 18.3 Å². The number of halogens is 1. The first-order valence-corrected chi connectivity index (χ1v) is 11.8. The van der Waals surface area contributed by atoms with Crippen LogP contribution in [0.25, 0.3) is 0 Å². The van der Waals surface area contributed by atoms with Crippen molar-refractivity contribution in [3.8, 4) is 5.75 Å². The number of hydrogen-bond donors (Lipinski definition) is 3. The van der Waals surface area contributed by atoms with Crippen molar-refractivity contribution in [3.05, 3.63) is 71.3 Å². The molecule has 2 aromatic carbocycles. The topological polar surface area (TPSA) is 114 Å². The summed E-state index contributed by atoms with van der Waals surface area (Å²) in [5, 5.41) is 13.1. The van der Waals surface area contributed by atoms with E-state index in [4.69, 9.17) is 21.1 Å². The minimum absolute atomic E-state index is 0.0330. The average molecular weight is 481 g/mol. The number of carbonyl (C=O) groups is 1. The van der Waals surface area contributed by atoms with Crippen molar-refractivity contribution in [1.29, 1.82) is 0 Å². The highest BCUT2D eigenvalue weighted by Gasteiger charge is 2.31. The molecule has 32 heavy (non-hydrogen) atoms. The summed E-state index contributed by atoms with van der Waals surface area (Å²) in [6.07, 6.45) is 1.83. The van der Waals surface area contributed by atoms with Gasteiger partial charge in [-0.3, -0.25) is 4.79 Å². The third kappa shape index (κ3) is 6.54. The van der Waals surface area contributed by atoms with E-state index in [0.717, 1.165) is 5.56 Å². The molecule has 0 radical (unpaired) electrons. The second-order valence-corrected chi connectivity index (χ2v) is 9.36. The first-order chi connectivity index (χ1) is 15.3. The molecule has 3 N–H and O–H groups in total. The quantitative estimate of drug-likeness (QED) is 0.473. The predicted octanol–water partition coefficient (Wildman–Crippen LogP) is 2.02. The van der Waals surface area contributed by atoms with Crippen molar-refractivity contribution in [1.82, 2.24) is 10.0 Å². The van der Waals surface area contributed by atoms with Gasteiger partial charge in [0.25, 0.3) is 0 Å². The van der Waals surface area contributed by atoms with E-state index in [0.29, 0.717) is 17.3 Å². The fourth-order valence-corrected chi connectivity index (χ4v) is 4.56. The van der Waals surface area contributed by atoms with Gasteiger partial charge in [0.2, 0.25) is 15.9 Å². The van der Waals surface area contributed by atoms with Crippen LogP contribution in [-0.4, -0.2) is 51.4 Å². The molecule has 1 amide bonds. The molecule has 8 nitrogen and oxygen atoms in total. The van der Waals surface area contributed by atoms with Gasteiger partial charge in [-0.2, -0.15) is 0 Å². The minimum atomic E-state index is -3.88. The number of hydrogen-bond acceptors (Lipinski definition) is 6. The molecule has 0 saturated heterocycles. The number of nitrogens with one attached hydrogen (secondary N) is 2. The lowest BCUT2D eigenvalue weighted by Gasteiger charge is -2.31. The maximum absolute atomic E-state index is 12.7. The minimum Gasteiger partial charge on any atom is -0.497 e. The summed E-state index contributed by atoms with van der Waals surface area (Å²) in [6.45, 7) is -0.0721. The van der Waals surface area contributed by atoms with Crippen LogP contribution in [0.1, 0.15) is 12.0 Å². The number of ether oxygens (including phenoxy) is 2. The van der Waals surface area contributed by atoms with Crippen LogP contribution in [0.2, 0.25) is 5.02 Å². The molecule has 3 atom stereocenters. The van der Waals surface area contributed by atoms with Crippen LogP contribution in [-0.2, 0) is 26.1 Å². The molecule has 0 spiro atoms. The zero-order valence-electron chi connectivity index (χ0n) is 17.4. The number of carbonyl (C=O) groups excluding carboxylic acids is 1. The van der Waals surface area contributed by atoms with Gasteiger partial charge in [-0.15, -0.1) is 0 Å². The lowest BCUT2D eigenvalue weighted by molar-refractivity contribution is -0.125. The standard InChI is InChI=1S/C22H25ClN2O6S/c1-30-17-3-2-4-19(11-17)32(28,29)25-20-10-9-18(31-21(20)14-26)12-22(27)24-13-15-5-7-16(23)8-6-15/h2-11,18,20-21,25-26H,12-14H2,1H3,(H,24,27)/t18-,20+,21+/m0/s1. The Labute approximate surface area is 192 Å². The zero-order valence-corrected chi connectivity index (χ0v) is 19.0. The Balaban J connectivity index is 1.59. The molecule has 0 fully saturated rings. The van der Waals surface area contributed by atoms with E-state index in [2.05, 4.69) is 10.0 Å². The van der Waals surface area contributed by atoms with Crippen molar-refractivity contribution in [2.75, 3.05) is 13.7 Å². The summed E-state index contributed by atoms with van der Waals surface area (Å²) in [6, 6.07) is 12.4. The number of amides is 1. The molecule has 1 heterocycles. The molecule has 0 aromatic heterocycles. The van der Waals surface area contributed by atoms with Crippen molar-refractivity contribution in [2.45, 2.75) is 36.1 Å². The van der Waals surface area contributed by atoms with E-state index in [1.807, 2.05) is 12.1 Å². The fraction of sp³-hybridized carbons (Fsp3) is 0.318. The highest BCUT2D eigenvalue weighted by molar-refractivity contribution is 7.89. The van der Waals surface area contributed by atoms with Crippen LogP contribution in [0.5, 0.6) is 5.75 Å². The van der Waals surface area contributed by atoms with Crippen molar-refractivity contribution >= 4 is 27.5 Å². The van der Waals surface area contributed by atoms with Crippen LogP contribution in [0.15, 0.2) is 65.6 Å². The van der Waals surface area contributed by atoms with E-state index >= 15 is 0 Å². The maximum atomic E-state index is 12.7. The molecule has 2 aromatic rings. The third-order valence-corrected chi connectivity index (χ3v) is 6.60. The van der Waals surface area contributed by atoms with E-state index in [1.165, 1.54) is 19.2 Å². The summed E-state index contributed by atoms with van der Waals surface area (Å²) in [5.74, 6) is 0.174. The summed E-state index contributed by atoms with van der Waals surface area (Å²) in [5.41, 5.74) is 0.906. The molecule has 10 heteroatoms. The number of sulfonamides is 1. The first kappa shape index (κ1) is 24.2. The molecule has 0 bridgehead atoms. The first-order valence-electron chi connectivity index (χ1n) is 9.93. The van der Waals surface area contributed by atoms with Crippen LogP contribution < -0.4 is 14.8 Å². The normalized spacial score (nSPS) is 20.7. The zero-order chi connectivity index (χ0) is 23.1. The molecule has 1 aliphatic heterocycles. The van der Waals surface area contributed by atoms with Crippen LogP contribution in [0, 0.1) is 0 Å². The molecule has 0 unspecified atom stereocenters. The van der Waals surface area contributed by atoms with Gasteiger partial charge in [0.05, 0.1) is 37.2 Å². The summed E-state index contributed by atoms with van der Waals surface area (Å²) in [7, 11) is -2.43. The Bertz CT molecular complexity index is 1060. The highest BCUT2D eigenvalue weighted by atomic mass is 35.5. The maximum Gasteiger partial charge on any atom is 0.241 e. The van der Waals surface area contributed by atoms with Crippen LogP contribution in [0.3, 0.4) is 0 Å². The number of methoxy groups -OCH3 is 1. The molecule has 1 aliphatic rings. The fourth-order valence-electron chi connectivity index (χ4n) is 3.18. The van der Waals surface area contributed by atoms with Crippen molar-refractivity contribution < 1.29 is 27.8 Å². The van der Waals surface area contributed by atoms with E-state index in [1.54, 1.807) is 36.4 Å². The van der Waals surface area contributed by atoms with Gasteiger partial charge in [0, 0.05) is 17.6 Å². The van der Waals surface area contributed by atoms with E-state index < -0.39 is 34.9 Å².